The van der Waals surface area contributed by atoms with Crippen LogP contribution in [-0.4, -0.2) is 44.2 Å². The average Bonchev–Trinajstić information content (AvgIpc) is 3.13. The Hall–Kier alpha value is -2.47. The van der Waals surface area contributed by atoms with Crippen LogP contribution in [0.5, 0.6) is 0 Å². The number of para-hydroxylation sites is 1. The molecule has 0 saturated heterocycles. The van der Waals surface area contributed by atoms with Crippen LogP contribution in [0, 0.1) is 5.92 Å². The first-order chi connectivity index (χ1) is 12.5. The number of nitrogens with one attached hydrogen (secondary N) is 3. The molecular weight excluding hydrogens is 328 g/mol. The largest absolute Gasteiger partial charge is 0.468 e. The van der Waals surface area contributed by atoms with Gasteiger partial charge >= 0.3 is 6.03 Å². The van der Waals surface area contributed by atoms with Crippen molar-refractivity contribution >= 4 is 11.7 Å². The van der Waals surface area contributed by atoms with E-state index in [0.717, 1.165) is 11.4 Å². The van der Waals surface area contributed by atoms with E-state index in [2.05, 4.69) is 29.8 Å². The maximum absolute atomic E-state index is 12.2. The Morgan fingerprint density at radius 1 is 1.04 bits per heavy atom. The van der Waals surface area contributed by atoms with Gasteiger partial charge in [-0.2, -0.15) is 0 Å². The molecule has 0 saturated carbocycles. The zero-order valence-electron chi connectivity index (χ0n) is 16.0. The molecule has 2 amide bonds. The summed E-state index contributed by atoms with van der Waals surface area (Å²) in [5.41, 5.74) is 1.05. The minimum absolute atomic E-state index is 0.000843. The van der Waals surface area contributed by atoms with Gasteiger partial charge < -0.3 is 20.4 Å². The van der Waals surface area contributed by atoms with E-state index in [1.807, 2.05) is 61.5 Å². The van der Waals surface area contributed by atoms with Crippen molar-refractivity contribution in [3.05, 3.63) is 54.5 Å². The Balaban J connectivity index is 1.82. The fourth-order valence-corrected chi connectivity index (χ4v) is 2.67. The smallest absolute Gasteiger partial charge is 0.314 e. The van der Waals surface area contributed by atoms with Gasteiger partial charge in [-0.1, -0.05) is 32.0 Å². The number of furan rings is 1. The number of anilines is 1. The van der Waals surface area contributed by atoms with E-state index >= 15 is 0 Å². The highest BCUT2D eigenvalue weighted by atomic mass is 16.3. The number of hydrogen-bond acceptors (Lipinski definition) is 4. The lowest BCUT2D eigenvalue weighted by Gasteiger charge is -2.25. The summed E-state index contributed by atoms with van der Waals surface area (Å²) in [6.45, 7) is 5.30. The normalized spacial score (nSPS) is 13.5. The summed E-state index contributed by atoms with van der Waals surface area (Å²) in [6, 6.07) is 13.8. The van der Waals surface area contributed by atoms with E-state index in [0.29, 0.717) is 19.0 Å². The van der Waals surface area contributed by atoms with Crippen LogP contribution < -0.4 is 16.0 Å². The molecule has 0 bridgehead atoms. The summed E-state index contributed by atoms with van der Waals surface area (Å²) in [7, 11) is 3.93. The molecule has 142 valence electrons. The van der Waals surface area contributed by atoms with Gasteiger partial charge in [0.2, 0.25) is 0 Å². The van der Waals surface area contributed by atoms with Crippen LogP contribution in [0.15, 0.2) is 53.1 Å². The molecule has 2 unspecified atom stereocenters. The second-order valence-electron chi connectivity index (χ2n) is 6.95. The molecule has 0 fully saturated rings. The molecule has 0 radical (unpaired) electrons. The fraction of sp³-hybridized carbons (Fsp3) is 0.450. The predicted octanol–water partition coefficient (Wildman–Crippen LogP) is 3.32. The highest BCUT2D eigenvalue weighted by molar-refractivity contribution is 5.74. The molecule has 6 nitrogen and oxygen atoms in total. The number of likely N-dealkylation sites (N-methyl/N-ethyl adjacent to an activating group) is 1. The second kappa shape index (κ2) is 9.87. The van der Waals surface area contributed by atoms with Crippen LogP contribution in [0.25, 0.3) is 0 Å². The number of urea groups is 1. The van der Waals surface area contributed by atoms with Crippen molar-refractivity contribution in [1.82, 2.24) is 15.5 Å². The number of hydrogen-bond donors (Lipinski definition) is 3. The summed E-state index contributed by atoms with van der Waals surface area (Å²) >= 11 is 0. The summed E-state index contributed by atoms with van der Waals surface area (Å²) in [5, 5.41) is 9.37. The number of amides is 2. The Kier molecular flexibility index (Phi) is 7.53. The van der Waals surface area contributed by atoms with Crippen molar-refractivity contribution in [2.75, 3.05) is 32.5 Å². The van der Waals surface area contributed by atoms with Crippen molar-refractivity contribution in [3.63, 3.8) is 0 Å². The van der Waals surface area contributed by atoms with E-state index < -0.39 is 0 Å². The molecule has 1 aromatic carbocycles. The maximum Gasteiger partial charge on any atom is 0.314 e. The second-order valence-corrected chi connectivity index (χ2v) is 6.95. The number of carbonyl (C=O) groups is 1. The zero-order valence-corrected chi connectivity index (χ0v) is 16.0. The van der Waals surface area contributed by atoms with Gasteiger partial charge in [0.25, 0.3) is 0 Å². The van der Waals surface area contributed by atoms with Gasteiger partial charge in [-0.25, -0.2) is 4.79 Å². The number of nitrogens with zero attached hydrogens (tertiary/aromatic N) is 1. The quantitative estimate of drug-likeness (QED) is 0.643. The molecule has 3 N–H and O–H groups in total. The van der Waals surface area contributed by atoms with Gasteiger partial charge in [-0.05, 0) is 44.3 Å². The van der Waals surface area contributed by atoms with Gasteiger partial charge in [0.05, 0.1) is 12.3 Å². The predicted molar refractivity (Wildman–Crippen MR) is 105 cm³/mol. The van der Waals surface area contributed by atoms with E-state index in [1.165, 1.54) is 0 Å². The Labute approximate surface area is 156 Å². The van der Waals surface area contributed by atoms with Gasteiger partial charge in [0, 0.05) is 24.8 Å². The lowest BCUT2D eigenvalue weighted by molar-refractivity contribution is 0.224. The van der Waals surface area contributed by atoms with Crippen LogP contribution in [0.1, 0.15) is 25.6 Å². The zero-order chi connectivity index (χ0) is 18.9. The third-order valence-corrected chi connectivity index (χ3v) is 4.36. The Morgan fingerprint density at radius 2 is 1.73 bits per heavy atom. The molecule has 6 heteroatoms. The van der Waals surface area contributed by atoms with Crippen molar-refractivity contribution in [2.24, 2.45) is 5.92 Å². The standard InChI is InChI=1S/C20H30N4O2/c1-15(2)17(23-16-9-6-5-7-10-16)13-21-20(25)22-14-18(24(3)4)19-11-8-12-26-19/h5-12,15,17-18,23H,13-14H2,1-4H3,(H2,21,22,25). The summed E-state index contributed by atoms with van der Waals surface area (Å²) in [5.74, 6) is 1.22. The third-order valence-electron chi connectivity index (χ3n) is 4.36. The molecular formula is C20H30N4O2. The van der Waals surface area contributed by atoms with Crippen LogP contribution in [0.4, 0.5) is 10.5 Å². The molecule has 1 aromatic heterocycles. The lowest BCUT2D eigenvalue weighted by atomic mass is 10.0. The molecule has 0 aliphatic carbocycles. The number of rotatable bonds is 9. The first-order valence-electron chi connectivity index (χ1n) is 9.00. The molecule has 1 heterocycles. The monoisotopic (exact) mass is 358 g/mol. The summed E-state index contributed by atoms with van der Waals surface area (Å²) in [6.07, 6.45) is 1.65. The Bertz CT molecular complexity index is 641. The number of benzene rings is 1. The van der Waals surface area contributed by atoms with Gasteiger partial charge in [0.1, 0.15) is 5.76 Å². The summed E-state index contributed by atoms with van der Waals surface area (Å²) in [4.78, 5) is 14.2. The average molecular weight is 358 g/mol. The third kappa shape index (κ3) is 6.11. The molecule has 0 aliphatic rings. The molecule has 0 aliphatic heterocycles. The van der Waals surface area contributed by atoms with E-state index in [1.54, 1.807) is 6.26 Å². The molecule has 26 heavy (non-hydrogen) atoms. The minimum Gasteiger partial charge on any atom is -0.468 e. The van der Waals surface area contributed by atoms with Crippen molar-refractivity contribution < 1.29 is 9.21 Å². The van der Waals surface area contributed by atoms with Crippen molar-refractivity contribution in [1.29, 1.82) is 0 Å². The topological polar surface area (TPSA) is 69.5 Å². The lowest BCUT2D eigenvalue weighted by Crippen LogP contribution is -2.45. The van der Waals surface area contributed by atoms with Crippen LogP contribution in [0.2, 0.25) is 0 Å². The van der Waals surface area contributed by atoms with Gasteiger partial charge in [-0.15, -0.1) is 0 Å². The summed E-state index contributed by atoms with van der Waals surface area (Å²) < 4.78 is 5.46. The van der Waals surface area contributed by atoms with E-state index in [-0.39, 0.29) is 18.1 Å². The van der Waals surface area contributed by atoms with Crippen LogP contribution in [0.3, 0.4) is 0 Å². The van der Waals surface area contributed by atoms with Gasteiger partial charge in [0.15, 0.2) is 0 Å². The highest BCUT2D eigenvalue weighted by Gasteiger charge is 2.19. The minimum atomic E-state index is -0.177. The van der Waals surface area contributed by atoms with Crippen molar-refractivity contribution in [3.8, 4) is 0 Å². The fourth-order valence-electron chi connectivity index (χ4n) is 2.67. The van der Waals surface area contributed by atoms with Crippen LogP contribution in [-0.2, 0) is 0 Å². The number of carbonyl (C=O) groups excluding carboxylic acids is 1. The van der Waals surface area contributed by atoms with E-state index in [9.17, 15) is 4.79 Å². The highest BCUT2D eigenvalue weighted by Crippen LogP contribution is 2.17. The Morgan fingerprint density at radius 3 is 2.31 bits per heavy atom. The molecule has 2 rings (SSSR count). The van der Waals surface area contributed by atoms with Crippen molar-refractivity contribution in [2.45, 2.75) is 25.9 Å². The van der Waals surface area contributed by atoms with Gasteiger partial charge in [-0.3, -0.25) is 4.90 Å². The SMILES string of the molecule is CC(C)C(CNC(=O)NCC(c1ccco1)N(C)C)Nc1ccccc1. The molecule has 2 aromatic rings. The van der Waals surface area contributed by atoms with E-state index in [4.69, 9.17) is 4.42 Å². The molecule has 0 spiro atoms. The first kappa shape index (κ1) is 19.8. The van der Waals surface area contributed by atoms with Crippen LogP contribution >= 0.6 is 0 Å². The molecule has 2 atom stereocenters. The first-order valence-corrected chi connectivity index (χ1v) is 9.00. The maximum atomic E-state index is 12.2.